The highest BCUT2D eigenvalue weighted by Crippen LogP contribution is 2.24. The van der Waals surface area contributed by atoms with Gasteiger partial charge in [0, 0.05) is 29.0 Å². The lowest BCUT2D eigenvalue weighted by Gasteiger charge is -2.09. The third-order valence-electron chi connectivity index (χ3n) is 5.99. The first-order valence-electron chi connectivity index (χ1n) is 10.8. The predicted molar refractivity (Wildman–Crippen MR) is 132 cm³/mol. The number of para-hydroxylation sites is 1. The number of aromatic hydroxyl groups is 1. The molecule has 0 aliphatic rings. The molecule has 2 heterocycles. The molecule has 0 amide bonds. The van der Waals surface area contributed by atoms with Crippen molar-refractivity contribution in [1.82, 2.24) is 13.9 Å². The Morgan fingerprint density at radius 1 is 0.971 bits per heavy atom. The summed E-state index contributed by atoms with van der Waals surface area (Å²) >= 11 is 5.79. The van der Waals surface area contributed by atoms with E-state index in [4.69, 9.17) is 16.3 Å². The molecule has 0 bridgehead atoms. The normalized spacial score (nSPS) is 11.0. The van der Waals surface area contributed by atoms with Crippen molar-refractivity contribution in [2.24, 2.45) is 7.05 Å². The van der Waals surface area contributed by atoms with Gasteiger partial charge in [-0.15, -0.1) is 0 Å². The number of phenolic OH excluding ortho intramolecular Hbond substituents is 1. The van der Waals surface area contributed by atoms with Gasteiger partial charge < -0.3 is 14.4 Å². The molecule has 0 fully saturated rings. The molecule has 0 saturated heterocycles. The fourth-order valence-electron chi connectivity index (χ4n) is 4.16. The molecule has 4 rings (SSSR count). The van der Waals surface area contributed by atoms with Gasteiger partial charge in [-0.1, -0.05) is 29.8 Å². The fraction of sp³-hybridized carbons (Fsp3) is 0.192. The van der Waals surface area contributed by atoms with E-state index >= 15 is 0 Å². The molecule has 0 aliphatic heterocycles. The van der Waals surface area contributed by atoms with Crippen LogP contribution < -0.4 is 5.56 Å². The zero-order valence-electron chi connectivity index (χ0n) is 19.7. The number of hydrogen-bond acceptors (Lipinski definition) is 5. The van der Waals surface area contributed by atoms with Crippen molar-refractivity contribution in [3.63, 3.8) is 0 Å². The second kappa shape index (κ2) is 9.31. The molecule has 4 aromatic rings. The number of aryl methyl sites for hydroxylation is 1. The van der Waals surface area contributed by atoms with Crippen LogP contribution in [0.3, 0.4) is 0 Å². The molecule has 0 unspecified atom stereocenters. The lowest BCUT2D eigenvalue weighted by Crippen LogP contribution is -2.22. The van der Waals surface area contributed by atoms with Crippen molar-refractivity contribution in [1.29, 1.82) is 0 Å². The minimum atomic E-state index is -0.842. The second-order valence-electron chi connectivity index (χ2n) is 8.19. The van der Waals surface area contributed by atoms with Crippen molar-refractivity contribution < 1.29 is 19.4 Å². The monoisotopic (exact) mass is 493 g/mol. The maximum absolute atomic E-state index is 13.5. The van der Waals surface area contributed by atoms with Crippen LogP contribution in [-0.4, -0.2) is 37.4 Å². The van der Waals surface area contributed by atoms with Gasteiger partial charge in [0.05, 0.1) is 11.4 Å². The van der Waals surface area contributed by atoms with E-state index in [0.717, 1.165) is 11.4 Å². The summed E-state index contributed by atoms with van der Waals surface area (Å²) in [5.74, 6) is -1.60. The van der Waals surface area contributed by atoms with Gasteiger partial charge in [0.15, 0.2) is 6.61 Å². The van der Waals surface area contributed by atoms with Gasteiger partial charge in [0.25, 0.3) is 5.56 Å². The lowest BCUT2D eigenvalue weighted by molar-refractivity contribution is 0.0471. The van der Waals surface area contributed by atoms with E-state index in [1.807, 2.05) is 37.3 Å². The maximum Gasteiger partial charge on any atom is 0.342 e. The van der Waals surface area contributed by atoms with Crippen LogP contribution in [0, 0.1) is 20.8 Å². The van der Waals surface area contributed by atoms with E-state index in [1.165, 1.54) is 18.2 Å². The molecule has 8 nitrogen and oxygen atoms in total. The van der Waals surface area contributed by atoms with E-state index in [-0.39, 0.29) is 21.9 Å². The molecule has 0 aliphatic carbocycles. The van der Waals surface area contributed by atoms with Gasteiger partial charge in [0.2, 0.25) is 5.78 Å². The van der Waals surface area contributed by atoms with E-state index in [0.29, 0.717) is 22.6 Å². The summed E-state index contributed by atoms with van der Waals surface area (Å²) in [6, 6.07) is 15.0. The third-order valence-corrected chi connectivity index (χ3v) is 6.23. The van der Waals surface area contributed by atoms with Crippen molar-refractivity contribution in [2.75, 3.05) is 6.61 Å². The molecular formula is C26H24ClN3O5. The zero-order valence-corrected chi connectivity index (χ0v) is 20.5. The molecule has 0 saturated carbocycles. The highest BCUT2D eigenvalue weighted by atomic mass is 35.5. The summed E-state index contributed by atoms with van der Waals surface area (Å²) < 4.78 is 10.2. The Balaban J connectivity index is 1.65. The number of Topliss-reactive ketones (excluding diaryl/α,β-unsaturated/α-hetero) is 1. The average Bonchev–Trinajstić information content (AvgIpc) is 3.23. The van der Waals surface area contributed by atoms with Crippen LogP contribution in [-0.2, 0) is 11.8 Å². The largest absolute Gasteiger partial charge is 0.507 e. The summed E-state index contributed by atoms with van der Waals surface area (Å²) in [7, 11) is 1.80. The van der Waals surface area contributed by atoms with Crippen molar-refractivity contribution in [2.45, 2.75) is 20.8 Å². The topological polar surface area (TPSA) is 95.5 Å². The number of benzene rings is 2. The van der Waals surface area contributed by atoms with E-state index < -0.39 is 18.4 Å². The summed E-state index contributed by atoms with van der Waals surface area (Å²) in [4.78, 5) is 38.7. The highest BCUT2D eigenvalue weighted by molar-refractivity contribution is 6.30. The first-order valence-corrected chi connectivity index (χ1v) is 11.2. The van der Waals surface area contributed by atoms with E-state index in [9.17, 15) is 19.5 Å². The summed E-state index contributed by atoms with van der Waals surface area (Å²) in [6.07, 6.45) is 0. The smallest absolute Gasteiger partial charge is 0.342 e. The number of esters is 1. The number of hydrogen-bond donors (Lipinski definition) is 1. The van der Waals surface area contributed by atoms with Crippen LogP contribution in [0.25, 0.3) is 11.4 Å². The van der Waals surface area contributed by atoms with Gasteiger partial charge in [-0.05, 0) is 57.2 Å². The fourth-order valence-corrected chi connectivity index (χ4v) is 4.33. The number of ether oxygens (including phenoxy) is 1. The molecule has 2 aromatic carbocycles. The zero-order chi connectivity index (χ0) is 25.4. The molecule has 9 heteroatoms. The van der Waals surface area contributed by atoms with Gasteiger partial charge in [-0.25, -0.2) is 9.48 Å². The number of carbonyl (C=O) groups excluding carboxylic acids is 2. The minimum absolute atomic E-state index is 0.0888. The van der Waals surface area contributed by atoms with Gasteiger partial charge >= 0.3 is 5.97 Å². The van der Waals surface area contributed by atoms with Gasteiger partial charge in [-0.2, -0.15) is 0 Å². The molecule has 180 valence electrons. The van der Waals surface area contributed by atoms with Crippen LogP contribution in [0.1, 0.15) is 37.8 Å². The van der Waals surface area contributed by atoms with E-state index in [1.54, 1.807) is 40.9 Å². The highest BCUT2D eigenvalue weighted by Gasteiger charge is 2.24. The molecule has 0 radical (unpaired) electrons. The van der Waals surface area contributed by atoms with Crippen LogP contribution in [0.4, 0.5) is 0 Å². The summed E-state index contributed by atoms with van der Waals surface area (Å²) in [5.41, 5.74) is 3.17. The molecular weight excluding hydrogens is 470 g/mol. The van der Waals surface area contributed by atoms with E-state index in [2.05, 4.69) is 0 Å². The Morgan fingerprint density at radius 2 is 1.66 bits per heavy atom. The standard InChI is InChI=1S/C26H24ClN3O5/c1-15-12-21(23(32)14-35-26(34)20-11-10-18(27)13-22(20)31)16(2)29(15)24-17(3)28(4)30(25(24)33)19-8-6-5-7-9-19/h5-13,31H,14H2,1-4H3. The molecule has 1 N–H and O–H groups in total. The molecule has 0 atom stereocenters. The van der Waals surface area contributed by atoms with Gasteiger partial charge in [0.1, 0.15) is 17.0 Å². The third kappa shape index (κ3) is 4.28. The second-order valence-corrected chi connectivity index (χ2v) is 8.63. The number of rotatable bonds is 6. The minimum Gasteiger partial charge on any atom is -0.507 e. The predicted octanol–water partition coefficient (Wildman–Crippen LogP) is 4.29. The first kappa shape index (κ1) is 24.1. The van der Waals surface area contributed by atoms with Crippen molar-refractivity contribution in [3.8, 4) is 17.1 Å². The van der Waals surface area contributed by atoms with Crippen molar-refractivity contribution in [3.05, 3.63) is 98.2 Å². The number of carbonyl (C=O) groups is 2. The van der Waals surface area contributed by atoms with Crippen LogP contribution in [0.5, 0.6) is 5.75 Å². The van der Waals surface area contributed by atoms with Crippen LogP contribution in [0.2, 0.25) is 5.02 Å². The Morgan fingerprint density at radius 3 is 2.31 bits per heavy atom. The Bertz CT molecular complexity index is 1510. The average molecular weight is 494 g/mol. The van der Waals surface area contributed by atoms with Crippen molar-refractivity contribution >= 4 is 23.4 Å². The first-order chi connectivity index (χ1) is 16.6. The van der Waals surface area contributed by atoms with Crippen LogP contribution >= 0.6 is 11.6 Å². The molecule has 2 aromatic heterocycles. The van der Waals surface area contributed by atoms with Crippen LogP contribution in [0.15, 0.2) is 59.4 Å². The number of phenols is 1. The summed E-state index contributed by atoms with van der Waals surface area (Å²) in [6.45, 7) is 4.87. The number of halogens is 1. The summed E-state index contributed by atoms with van der Waals surface area (Å²) in [5, 5.41) is 10.2. The Kier molecular flexibility index (Phi) is 6.41. The lowest BCUT2D eigenvalue weighted by atomic mass is 10.1. The maximum atomic E-state index is 13.5. The van der Waals surface area contributed by atoms with Gasteiger partial charge in [-0.3, -0.25) is 14.3 Å². The Hall–Kier alpha value is -4.04. The number of nitrogens with zero attached hydrogens (tertiary/aromatic N) is 3. The Labute approximate surface area is 206 Å². The quantitative estimate of drug-likeness (QED) is 0.319. The number of aromatic nitrogens is 3. The number of ketones is 1. The SMILES string of the molecule is Cc1cc(C(=O)COC(=O)c2ccc(Cl)cc2O)c(C)n1-c1c(C)n(C)n(-c2ccccc2)c1=O. The molecule has 0 spiro atoms. The molecule has 35 heavy (non-hydrogen) atoms.